The number of nitrogens with zero attached hydrogens (tertiary/aromatic N) is 5. The van der Waals surface area contributed by atoms with Crippen LogP contribution in [0.25, 0.3) is 77.6 Å². The first-order chi connectivity index (χ1) is 22.2. The molecule has 0 aliphatic heterocycles. The molecule has 0 radical (unpaired) electrons. The molecule has 0 fully saturated rings. The minimum Gasteiger partial charge on any atom is -0.455 e. The maximum atomic E-state index is 6.32. The molecule has 6 aromatic heterocycles. The zero-order valence-corrected chi connectivity index (χ0v) is 25.1. The van der Waals surface area contributed by atoms with E-state index < -0.39 is 0 Å². The van der Waals surface area contributed by atoms with E-state index in [9.17, 15) is 0 Å². The molecule has 0 aliphatic rings. The second-order valence-electron chi connectivity index (χ2n) is 10.5. The molecule has 45 heavy (non-hydrogen) atoms. The Bertz CT molecular complexity index is 2520. The Labute approximate surface area is 262 Å². The average Bonchev–Trinajstić information content (AvgIpc) is 3.64. The SMILES string of the molecule is C=c1/c(=C(\C=C/C)c2cccc(-c3nc(-c4ccccn4)nc4c3sc3ccc(-c5ccccn5)cc34)n2)oc2ccccc12. The minimum atomic E-state index is 0.545. The van der Waals surface area contributed by atoms with Crippen molar-refractivity contribution in [2.45, 2.75) is 6.92 Å². The van der Waals surface area contributed by atoms with Crippen molar-refractivity contribution in [2.75, 3.05) is 0 Å². The predicted molar refractivity (Wildman–Crippen MR) is 183 cm³/mol. The molecule has 214 valence electrons. The molecule has 0 unspecified atom stereocenters. The first-order valence-electron chi connectivity index (χ1n) is 14.6. The van der Waals surface area contributed by atoms with Gasteiger partial charge in [-0.1, -0.05) is 61.2 Å². The fraction of sp³-hybridized carbons (Fsp3) is 0.0263. The fourth-order valence-electron chi connectivity index (χ4n) is 5.60. The second kappa shape index (κ2) is 11.0. The van der Waals surface area contributed by atoms with Gasteiger partial charge in [-0.2, -0.15) is 0 Å². The first-order valence-corrected chi connectivity index (χ1v) is 15.4. The van der Waals surface area contributed by atoms with Gasteiger partial charge in [0.2, 0.25) is 0 Å². The highest BCUT2D eigenvalue weighted by atomic mass is 32.1. The summed E-state index contributed by atoms with van der Waals surface area (Å²) in [5, 5.41) is 2.86. The van der Waals surface area contributed by atoms with E-state index in [1.165, 1.54) is 0 Å². The lowest BCUT2D eigenvalue weighted by molar-refractivity contribution is 0.573. The molecule has 6 nitrogen and oxygen atoms in total. The Hall–Kier alpha value is -5.79. The van der Waals surface area contributed by atoms with Crippen molar-refractivity contribution < 1.29 is 4.42 Å². The monoisotopic (exact) mass is 599 g/mol. The first kappa shape index (κ1) is 26.8. The lowest BCUT2D eigenvalue weighted by Gasteiger charge is -2.08. The van der Waals surface area contributed by atoms with Crippen LogP contribution in [0, 0.1) is 0 Å². The smallest absolute Gasteiger partial charge is 0.179 e. The number of hydrogen-bond acceptors (Lipinski definition) is 7. The number of para-hydroxylation sites is 1. The number of pyridine rings is 3. The molecule has 8 aromatic rings. The Kier molecular flexibility index (Phi) is 6.58. The van der Waals surface area contributed by atoms with Crippen LogP contribution < -0.4 is 10.6 Å². The Morgan fingerprint density at radius 1 is 0.756 bits per heavy atom. The third-order valence-corrected chi connectivity index (χ3v) is 8.88. The summed E-state index contributed by atoms with van der Waals surface area (Å²) in [7, 11) is 0. The fourth-order valence-corrected chi connectivity index (χ4v) is 6.72. The van der Waals surface area contributed by atoms with Crippen LogP contribution in [0.1, 0.15) is 12.6 Å². The van der Waals surface area contributed by atoms with E-state index in [4.69, 9.17) is 19.4 Å². The van der Waals surface area contributed by atoms with Crippen LogP contribution >= 0.6 is 11.3 Å². The van der Waals surface area contributed by atoms with Crippen molar-refractivity contribution in [3.8, 4) is 34.2 Å². The summed E-state index contributed by atoms with van der Waals surface area (Å²) in [5.74, 6) is 0.545. The molecule has 0 bridgehead atoms. The van der Waals surface area contributed by atoms with E-state index in [1.54, 1.807) is 17.5 Å². The van der Waals surface area contributed by atoms with Crippen LogP contribution in [-0.2, 0) is 0 Å². The summed E-state index contributed by atoms with van der Waals surface area (Å²) in [6.45, 7) is 6.34. The van der Waals surface area contributed by atoms with Gasteiger partial charge < -0.3 is 4.42 Å². The number of furan rings is 1. The van der Waals surface area contributed by atoms with E-state index in [1.807, 2.05) is 104 Å². The predicted octanol–water partition coefficient (Wildman–Crippen LogP) is 7.96. The van der Waals surface area contributed by atoms with Gasteiger partial charge in [0.1, 0.15) is 22.4 Å². The highest BCUT2D eigenvalue weighted by Gasteiger charge is 2.19. The van der Waals surface area contributed by atoms with Crippen LogP contribution in [-0.4, -0.2) is 24.9 Å². The van der Waals surface area contributed by atoms with Crippen molar-refractivity contribution in [3.05, 3.63) is 138 Å². The zero-order valence-electron chi connectivity index (χ0n) is 24.3. The van der Waals surface area contributed by atoms with E-state index in [0.29, 0.717) is 16.9 Å². The highest BCUT2D eigenvalue weighted by molar-refractivity contribution is 7.26. The van der Waals surface area contributed by atoms with Crippen molar-refractivity contribution in [3.63, 3.8) is 0 Å². The molecule has 0 spiro atoms. The van der Waals surface area contributed by atoms with E-state index in [0.717, 1.165) is 70.4 Å². The normalized spacial score (nSPS) is 12.5. The van der Waals surface area contributed by atoms with Gasteiger partial charge in [-0.25, -0.2) is 15.0 Å². The lowest BCUT2D eigenvalue weighted by Crippen LogP contribution is -2.21. The van der Waals surface area contributed by atoms with Gasteiger partial charge in [-0.3, -0.25) is 9.97 Å². The standard InChI is InChI=1S/C38H25N5OS/c1-3-11-26(36-23(2)25-12-4-5-17-32(25)44-36)29-15-10-16-30(41-29)35-37-34(42-38(43-35)31-14-7-9-21-40-31)27-22-24(18-19-33(27)45-37)28-13-6-8-20-39-28/h3-22H,2H2,1H3/b11-3-,36-26-. The van der Waals surface area contributed by atoms with Crippen LogP contribution in [0.5, 0.6) is 0 Å². The van der Waals surface area contributed by atoms with Crippen LogP contribution in [0.3, 0.4) is 0 Å². The molecular weight excluding hydrogens is 575 g/mol. The molecule has 6 heterocycles. The van der Waals surface area contributed by atoms with E-state index in [2.05, 4.69) is 34.7 Å². The molecule has 8 rings (SSSR count). The minimum absolute atomic E-state index is 0.545. The number of fused-ring (bicyclic) bond motifs is 4. The van der Waals surface area contributed by atoms with Gasteiger partial charge in [0, 0.05) is 44.2 Å². The third-order valence-electron chi connectivity index (χ3n) is 7.71. The molecule has 2 aromatic carbocycles. The molecule has 0 saturated heterocycles. The zero-order chi connectivity index (χ0) is 30.3. The largest absolute Gasteiger partial charge is 0.455 e. The van der Waals surface area contributed by atoms with Crippen LogP contribution in [0.4, 0.5) is 0 Å². The topological polar surface area (TPSA) is 77.6 Å². The number of aromatic nitrogens is 5. The van der Waals surface area contributed by atoms with Gasteiger partial charge in [0.25, 0.3) is 0 Å². The molecular formula is C38H25N5OS. The summed E-state index contributed by atoms with van der Waals surface area (Å²) < 4.78 is 8.39. The summed E-state index contributed by atoms with van der Waals surface area (Å²) in [4.78, 5) is 24.5. The summed E-state index contributed by atoms with van der Waals surface area (Å²) >= 11 is 1.66. The van der Waals surface area contributed by atoms with Gasteiger partial charge in [-0.15, -0.1) is 11.3 Å². The summed E-state index contributed by atoms with van der Waals surface area (Å²) in [6.07, 6.45) is 7.58. The Morgan fingerprint density at radius 2 is 1.53 bits per heavy atom. The van der Waals surface area contributed by atoms with Crippen molar-refractivity contribution in [1.82, 2.24) is 24.9 Å². The highest BCUT2D eigenvalue weighted by Crippen LogP contribution is 2.40. The molecule has 7 heteroatoms. The summed E-state index contributed by atoms with van der Waals surface area (Å²) in [5.41, 5.74) is 8.10. The lowest BCUT2D eigenvalue weighted by atomic mass is 10.1. The van der Waals surface area contributed by atoms with Crippen molar-refractivity contribution in [2.24, 2.45) is 0 Å². The van der Waals surface area contributed by atoms with E-state index in [-0.39, 0.29) is 0 Å². The van der Waals surface area contributed by atoms with Gasteiger partial charge >= 0.3 is 0 Å². The van der Waals surface area contributed by atoms with Crippen LogP contribution in [0.15, 0.2) is 126 Å². The van der Waals surface area contributed by atoms with Crippen LogP contribution in [0.2, 0.25) is 0 Å². The van der Waals surface area contributed by atoms with Crippen molar-refractivity contribution >= 4 is 54.8 Å². The third kappa shape index (κ3) is 4.70. The maximum absolute atomic E-state index is 6.32. The van der Waals surface area contributed by atoms with Crippen molar-refractivity contribution in [1.29, 1.82) is 0 Å². The maximum Gasteiger partial charge on any atom is 0.179 e. The second-order valence-corrected chi connectivity index (χ2v) is 11.6. The number of hydrogen-bond donors (Lipinski definition) is 0. The van der Waals surface area contributed by atoms with Gasteiger partial charge in [0.05, 0.1) is 27.3 Å². The number of thiophene rings is 1. The number of rotatable bonds is 5. The Morgan fingerprint density at radius 3 is 2.31 bits per heavy atom. The number of benzene rings is 2. The van der Waals surface area contributed by atoms with Gasteiger partial charge in [-0.05, 0) is 61.5 Å². The number of allylic oxidation sites excluding steroid dienone is 2. The quantitative estimate of drug-likeness (QED) is 0.200. The Balaban J connectivity index is 1.38. The average molecular weight is 600 g/mol. The van der Waals surface area contributed by atoms with E-state index >= 15 is 0 Å². The molecule has 0 aliphatic carbocycles. The van der Waals surface area contributed by atoms with Gasteiger partial charge in [0.15, 0.2) is 5.82 Å². The molecule has 0 atom stereocenters. The molecule has 0 saturated carbocycles. The molecule has 0 amide bonds. The molecule has 0 N–H and O–H groups in total. The summed E-state index contributed by atoms with van der Waals surface area (Å²) in [6, 6.07) is 32.0.